The van der Waals surface area contributed by atoms with E-state index in [2.05, 4.69) is 11.4 Å². The van der Waals surface area contributed by atoms with Gasteiger partial charge in [0.2, 0.25) is 0 Å². The van der Waals surface area contributed by atoms with Gasteiger partial charge in [-0.15, -0.1) is 23.1 Å². The molecule has 1 fully saturated rings. The topological polar surface area (TPSA) is 41.6 Å². The van der Waals surface area contributed by atoms with Crippen molar-refractivity contribution in [3.05, 3.63) is 58.3 Å². The maximum atomic E-state index is 12.4. The van der Waals surface area contributed by atoms with Crippen LogP contribution in [-0.4, -0.2) is 34.4 Å². The summed E-state index contributed by atoms with van der Waals surface area (Å²) in [4.78, 5) is 15.6. The van der Waals surface area contributed by atoms with Crippen molar-refractivity contribution in [2.45, 2.75) is 24.9 Å². The van der Waals surface area contributed by atoms with Crippen molar-refractivity contribution in [2.75, 3.05) is 12.4 Å². The average molecular weight is 393 g/mol. The summed E-state index contributed by atoms with van der Waals surface area (Å²) in [7, 11) is 0. The average Bonchev–Trinajstić information content (AvgIpc) is 3.29. The van der Waals surface area contributed by atoms with Crippen LogP contribution in [0.2, 0.25) is 0 Å². The summed E-state index contributed by atoms with van der Waals surface area (Å²) >= 11 is 9.05. The maximum Gasteiger partial charge on any atom is 0.329 e. The lowest BCUT2D eigenvalue weighted by molar-refractivity contribution is -0.147. The predicted octanol–water partition coefficient (Wildman–Crippen LogP) is 3.80. The molecule has 2 heterocycles. The number of thiophene rings is 1. The molecule has 1 aromatic heterocycles. The third-order valence-corrected chi connectivity index (χ3v) is 6.60. The zero-order chi connectivity index (χ0) is 17.6. The van der Waals surface area contributed by atoms with Crippen molar-refractivity contribution < 1.29 is 9.53 Å². The quantitative estimate of drug-likeness (QED) is 0.617. The SMILES string of the molecule is CCOC(=O)[C@H]1CS[C@@H](c2cccs2)N1C(=S)NCc1ccccc1. The molecule has 0 spiro atoms. The van der Waals surface area contributed by atoms with Gasteiger partial charge in [-0.1, -0.05) is 36.4 Å². The molecule has 0 radical (unpaired) electrons. The number of thiocarbonyl (C=S) groups is 1. The lowest BCUT2D eigenvalue weighted by atomic mass is 10.2. The Morgan fingerprint density at radius 1 is 1.32 bits per heavy atom. The second-order valence-corrected chi connectivity index (χ2v) is 8.00. The van der Waals surface area contributed by atoms with Crippen molar-refractivity contribution in [3.8, 4) is 0 Å². The molecule has 0 saturated carbocycles. The van der Waals surface area contributed by atoms with Crippen LogP contribution >= 0.6 is 35.3 Å². The Hall–Kier alpha value is -1.57. The number of ether oxygens (including phenoxy) is 1. The maximum absolute atomic E-state index is 12.4. The highest BCUT2D eigenvalue weighted by molar-refractivity contribution is 8.00. The first kappa shape index (κ1) is 18.2. The molecule has 0 bridgehead atoms. The molecule has 2 atom stereocenters. The van der Waals surface area contributed by atoms with E-state index in [-0.39, 0.29) is 17.4 Å². The van der Waals surface area contributed by atoms with E-state index >= 15 is 0 Å². The first-order chi connectivity index (χ1) is 12.2. The first-order valence-corrected chi connectivity index (χ1v) is 10.5. The van der Waals surface area contributed by atoms with E-state index in [1.807, 2.05) is 53.6 Å². The molecule has 0 amide bonds. The van der Waals surface area contributed by atoms with Crippen LogP contribution in [-0.2, 0) is 16.1 Å². The van der Waals surface area contributed by atoms with Gasteiger partial charge in [-0.3, -0.25) is 0 Å². The third-order valence-electron chi connectivity index (χ3n) is 3.87. The molecule has 1 aromatic carbocycles. The number of hydrogen-bond acceptors (Lipinski definition) is 5. The van der Waals surface area contributed by atoms with Gasteiger partial charge in [-0.2, -0.15) is 0 Å². The molecular weight excluding hydrogens is 372 g/mol. The largest absolute Gasteiger partial charge is 0.464 e. The first-order valence-electron chi connectivity index (χ1n) is 8.12. The normalized spacial score (nSPS) is 19.6. The molecular formula is C18H20N2O2S3. The lowest BCUT2D eigenvalue weighted by Gasteiger charge is -2.30. The fourth-order valence-corrected chi connectivity index (χ4v) is 5.45. The van der Waals surface area contributed by atoms with Crippen molar-refractivity contribution in [2.24, 2.45) is 0 Å². The number of carbonyl (C=O) groups is 1. The van der Waals surface area contributed by atoms with Crippen LogP contribution < -0.4 is 5.32 Å². The number of thioether (sulfide) groups is 1. The zero-order valence-corrected chi connectivity index (χ0v) is 16.3. The van der Waals surface area contributed by atoms with E-state index in [0.717, 1.165) is 5.56 Å². The molecule has 1 aliphatic rings. The highest BCUT2D eigenvalue weighted by Crippen LogP contribution is 2.43. The van der Waals surface area contributed by atoms with Gasteiger partial charge in [0.25, 0.3) is 0 Å². The fourth-order valence-electron chi connectivity index (χ4n) is 2.69. The Kier molecular flexibility index (Phi) is 6.34. The van der Waals surface area contributed by atoms with Gasteiger partial charge in [0, 0.05) is 17.2 Å². The van der Waals surface area contributed by atoms with Crippen LogP contribution in [0.3, 0.4) is 0 Å². The molecule has 25 heavy (non-hydrogen) atoms. The molecule has 4 nitrogen and oxygen atoms in total. The smallest absolute Gasteiger partial charge is 0.329 e. The van der Waals surface area contributed by atoms with Gasteiger partial charge in [0.15, 0.2) is 5.11 Å². The van der Waals surface area contributed by atoms with Crippen LogP contribution in [0, 0.1) is 0 Å². The number of nitrogens with one attached hydrogen (secondary N) is 1. The highest BCUT2D eigenvalue weighted by Gasteiger charge is 2.42. The lowest BCUT2D eigenvalue weighted by Crippen LogP contribution is -2.48. The van der Waals surface area contributed by atoms with E-state index in [0.29, 0.717) is 24.0 Å². The van der Waals surface area contributed by atoms with E-state index in [1.165, 1.54) is 4.88 Å². The summed E-state index contributed by atoms with van der Waals surface area (Å²) in [5.41, 5.74) is 1.15. The Bertz CT molecular complexity index is 706. The molecule has 1 saturated heterocycles. The number of carbonyl (C=O) groups excluding carboxylic acids is 1. The summed E-state index contributed by atoms with van der Waals surface area (Å²) in [5.74, 6) is 0.465. The second-order valence-electron chi connectivity index (χ2n) is 5.52. The Balaban J connectivity index is 1.75. The van der Waals surface area contributed by atoms with Gasteiger partial charge >= 0.3 is 5.97 Å². The Morgan fingerprint density at radius 3 is 2.80 bits per heavy atom. The minimum absolute atomic E-state index is 0.0465. The predicted molar refractivity (Wildman–Crippen MR) is 108 cm³/mol. The summed E-state index contributed by atoms with van der Waals surface area (Å²) < 4.78 is 5.26. The molecule has 1 aliphatic heterocycles. The van der Waals surface area contributed by atoms with Gasteiger partial charge in [0.1, 0.15) is 11.4 Å². The highest BCUT2D eigenvalue weighted by atomic mass is 32.2. The number of benzene rings is 1. The molecule has 0 aliphatic carbocycles. The van der Waals surface area contributed by atoms with Crippen molar-refractivity contribution >= 4 is 46.4 Å². The standard InChI is InChI=1S/C18H20N2O2S3/c1-2-22-17(21)14-12-25-16(15-9-6-10-24-15)20(14)18(23)19-11-13-7-4-3-5-8-13/h3-10,14,16H,2,11-12H2,1H3,(H,19,23)/t14-,16+/m1/s1. The van der Waals surface area contributed by atoms with E-state index < -0.39 is 0 Å². The van der Waals surface area contributed by atoms with Crippen molar-refractivity contribution in [1.82, 2.24) is 10.2 Å². The summed E-state index contributed by atoms with van der Waals surface area (Å²) in [6.45, 7) is 2.84. The number of rotatable bonds is 5. The Morgan fingerprint density at radius 2 is 2.12 bits per heavy atom. The minimum atomic E-state index is -0.354. The third kappa shape index (κ3) is 4.34. The van der Waals surface area contributed by atoms with Crippen LogP contribution in [0.25, 0.3) is 0 Å². The van der Waals surface area contributed by atoms with Crippen LogP contribution in [0.15, 0.2) is 47.8 Å². The fraction of sp³-hybridized carbons (Fsp3) is 0.333. The number of hydrogen-bond donors (Lipinski definition) is 1. The van der Waals surface area contributed by atoms with Crippen LogP contribution in [0.5, 0.6) is 0 Å². The van der Waals surface area contributed by atoms with Crippen molar-refractivity contribution in [1.29, 1.82) is 0 Å². The van der Waals surface area contributed by atoms with E-state index in [1.54, 1.807) is 23.1 Å². The molecule has 3 rings (SSSR count). The molecule has 132 valence electrons. The summed E-state index contributed by atoms with van der Waals surface area (Å²) in [5, 5.41) is 5.98. The van der Waals surface area contributed by atoms with Crippen LogP contribution in [0.4, 0.5) is 0 Å². The minimum Gasteiger partial charge on any atom is -0.464 e. The Labute approximate surface area is 161 Å². The van der Waals surface area contributed by atoms with Gasteiger partial charge in [0.05, 0.1) is 6.61 Å². The second kappa shape index (κ2) is 8.69. The van der Waals surface area contributed by atoms with Crippen molar-refractivity contribution in [3.63, 3.8) is 0 Å². The monoisotopic (exact) mass is 392 g/mol. The molecule has 1 N–H and O–H groups in total. The molecule has 0 unspecified atom stereocenters. The zero-order valence-electron chi connectivity index (χ0n) is 13.9. The molecule has 7 heteroatoms. The summed E-state index contributed by atoms with van der Waals surface area (Å²) in [6.07, 6.45) is 0. The number of esters is 1. The molecule has 2 aromatic rings. The number of nitrogens with zero attached hydrogens (tertiary/aromatic N) is 1. The summed E-state index contributed by atoms with van der Waals surface area (Å²) in [6, 6.07) is 13.8. The van der Waals surface area contributed by atoms with Gasteiger partial charge in [-0.25, -0.2) is 4.79 Å². The van der Waals surface area contributed by atoms with Gasteiger partial charge in [-0.05, 0) is 36.2 Å². The van der Waals surface area contributed by atoms with E-state index in [9.17, 15) is 4.79 Å². The van der Waals surface area contributed by atoms with E-state index in [4.69, 9.17) is 17.0 Å². The van der Waals surface area contributed by atoms with Crippen LogP contribution in [0.1, 0.15) is 22.7 Å². The van der Waals surface area contributed by atoms with Gasteiger partial charge < -0.3 is 15.0 Å².